The highest BCUT2D eigenvalue weighted by molar-refractivity contribution is 5.66. The Morgan fingerprint density at radius 3 is 2.47 bits per heavy atom. The van der Waals surface area contributed by atoms with Gasteiger partial charge in [0.2, 0.25) is 0 Å². The lowest BCUT2D eigenvalue weighted by Gasteiger charge is -2.36. The van der Waals surface area contributed by atoms with E-state index in [4.69, 9.17) is 14.6 Å². The molecule has 6 heteroatoms. The second-order valence-corrected chi connectivity index (χ2v) is 7.62. The zero-order valence-corrected chi connectivity index (χ0v) is 17.8. The fraction of sp³-hybridized carbons (Fsp3) is 0.458. The number of carboxylic acids is 1. The molecule has 0 spiro atoms. The molecule has 30 heavy (non-hydrogen) atoms. The third kappa shape index (κ3) is 6.95. The minimum absolute atomic E-state index is 0.245. The molecule has 1 N–H and O–H groups in total. The number of carboxylic acid groups (broad SMARTS) is 1. The van der Waals surface area contributed by atoms with Crippen LogP contribution < -0.4 is 14.4 Å². The van der Waals surface area contributed by atoms with Crippen molar-refractivity contribution in [2.45, 2.75) is 25.7 Å². The van der Waals surface area contributed by atoms with Gasteiger partial charge in [0.05, 0.1) is 7.11 Å². The zero-order valence-electron chi connectivity index (χ0n) is 17.8. The number of nitrogens with zero attached hydrogens (tertiary/aromatic N) is 2. The number of rotatable bonds is 11. The summed E-state index contributed by atoms with van der Waals surface area (Å²) in [5, 5.41) is 8.68. The Morgan fingerprint density at radius 2 is 1.77 bits per heavy atom. The van der Waals surface area contributed by atoms with Crippen molar-refractivity contribution in [3.8, 4) is 11.5 Å². The maximum absolute atomic E-state index is 10.5. The number of methoxy groups -OCH3 is 1. The number of aliphatic carboxylic acids is 1. The highest BCUT2D eigenvalue weighted by Gasteiger charge is 2.17. The van der Waals surface area contributed by atoms with Gasteiger partial charge in [0.15, 0.2) is 0 Å². The number of unbranched alkanes of at least 4 members (excludes halogenated alkanes) is 1. The van der Waals surface area contributed by atoms with E-state index in [1.165, 1.54) is 11.3 Å². The van der Waals surface area contributed by atoms with Crippen LogP contribution in [0, 0.1) is 0 Å². The molecule has 1 fully saturated rings. The number of piperazine rings is 1. The van der Waals surface area contributed by atoms with Crippen molar-refractivity contribution >= 4 is 11.7 Å². The van der Waals surface area contributed by atoms with Gasteiger partial charge < -0.3 is 19.5 Å². The molecule has 0 radical (unpaired) electrons. The zero-order chi connectivity index (χ0) is 21.2. The van der Waals surface area contributed by atoms with Crippen LogP contribution >= 0.6 is 0 Å². The smallest absolute Gasteiger partial charge is 0.303 e. The first-order valence-electron chi connectivity index (χ1n) is 10.7. The standard InChI is InChI=1S/C24H32N2O4/c1-29-23-7-4-6-21(19-23)26-15-13-25(14-16-26)17-18-30-22-11-9-20(10-12-22)5-2-3-8-24(27)28/h4,6-7,9-12,19H,2-3,5,8,13-18H2,1H3,(H,27,28). The molecule has 1 aliphatic heterocycles. The van der Waals surface area contributed by atoms with Gasteiger partial charge in [-0.1, -0.05) is 18.2 Å². The molecule has 0 unspecified atom stereocenters. The van der Waals surface area contributed by atoms with E-state index >= 15 is 0 Å². The Hall–Kier alpha value is -2.73. The maximum atomic E-state index is 10.5. The molecule has 1 aliphatic rings. The lowest BCUT2D eigenvalue weighted by Crippen LogP contribution is -2.47. The van der Waals surface area contributed by atoms with Crippen LogP contribution in [0.4, 0.5) is 5.69 Å². The van der Waals surface area contributed by atoms with Crippen LogP contribution in [0.25, 0.3) is 0 Å². The fourth-order valence-electron chi connectivity index (χ4n) is 3.69. The quantitative estimate of drug-likeness (QED) is 0.568. The van der Waals surface area contributed by atoms with Gasteiger partial charge in [-0.05, 0) is 49.1 Å². The van der Waals surface area contributed by atoms with E-state index in [-0.39, 0.29) is 6.42 Å². The summed E-state index contributed by atoms with van der Waals surface area (Å²) in [6.07, 6.45) is 2.77. The van der Waals surface area contributed by atoms with E-state index in [1.54, 1.807) is 7.11 Å². The normalized spacial score (nSPS) is 14.5. The first kappa shape index (κ1) is 22.0. The van der Waals surface area contributed by atoms with Crippen molar-refractivity contribution in [3.05, 3.63) is 54.1 Å². The fourth-order valence-corrected chi connectivity index (χ4v) is 3.69. The second-order valence-electron chi connectivity index (χ2n) is 7.62. The summed E-state index contributed by atoms with van der Waals surface area (Å²) in [4.78, 5) is 15.4. The Bertz CT molecular complexity index is 786. The van der Waals surface area contributed by atoms with E-state index in [0.29, 0.717) is 6.61 Å². The number of benzene rings is 2. The lowest BCUT2D eigenvalue weighted by molar-refractivity contribution is -0.137. The van der Waals surface area contributed by atoms with Gasteiger partial charge in [-0.3, -0.25) is 9.69 Å². The van der Waals surface area contributed by atoms with Gasteiger partial charge in [-0.25, -0.2) is 0 Å². The number of hydrogen-bond donors (Lipinski definition) is 1. The topological polar surface area (TPSA) is 62.2 Å². The second kappa shape index (κ2) is 11.5. The molecule has 0 bridgehead atoms. The first-order valence-corrected chi connectivity index (χ1v) is 10.7. The van der Waals surface area contributed by atoms with E-state index < -0.39 is 5.97 Å². The Morgan fingerprint density at radius 1 is 1.00 bits per heavy atom. The molecule has 0 amide bonds. The van der Waals surface area contributed by atoms with Crippen LogP contribution in [0.2, 0.25) is 0 Å². The third-order valence-electron chi connectivity index (χ3n) is 5.50. The van der Waals surface area contributed by atoms with Crippen LogP contribution in [0.15, 0.2) is 48.5 Å². The summed E-state index contributed by atoms with van der Waals surface area (Å²) in [6.45, 7) is 5.65. The molecule has 1 heterocycles. The highest BCUT2D eigenvalue weighted by Crippen LogP contribution is 2.22. The summed E-state index contributed by atoms with van der Waals surface area (Å²) >= 11 is 0. The van der Waals surface area contributed by atoms with Crippen molar-refractivity contribution in [1.82, 2.24) is 4.90 Å². The Labute approximate surface area is 179 Å². The van der Waals surface area contributed by atoms with Crippen LogP contribution in [0.3, 0.4) is 0 Å². The minimum Gasteiger partial charge on any atom is -0.497 e. The van der Waals surface area contributed by atoms with Crippen molar-refractivity contribution in [3.63, 3.8) is 0 Å². The van der Waals surface area contributed by atoms with Crippen molar-refractivity contribution < 1.29 is 19.4 Å². The summed E-state index contributed by atoms with van der Waals surface area (Å²) in [5.74, 6) is 1.06. The summed E-state index contributed by atoms with van der Waals surface area (Å²) in [6, 6.07) is 16.4. The number of carbonyl (C=O) groups is 1. The Balaban J connectivity index is 1.33. The van der Waals surface area contributed by atoms with Crippen molar-refractivity contribution in [1.29, 1.82) is 0 Å². The Kier molecular flexibility index (Phi) is 8.39. The van der Waals surface area contributed by atoms with Crippen molar-refractivity contribution in [2.24, 2.45) is 0 Å². The molecular formula is C24H32N2O4. The largest absolute Gasteiger partial charge is 0.497 e. The number of hydrogen-bond acceptors (Lipinski definition) is 5. The summed E-state index contributed by atoms with van der Waals surface area (Å²) < 4.78 is 11.2. The molecule has 1 saturated heterocycles. The van der Waals surface area contributed by atoms with Gasteiger partial charge in [-0.15, -0.1) is 0 Å². The molecular weight excluding hydrogens is 380 g/mol. The number of anilines is 1. The summed E-state index contributed by atoms with van der Waals surface area (Å²) in [7, 11) is 1.70. The summed E-state index contributed by atoms with van der Waals surface area (Å²) in [5.41, 5.74) is 2.44. The maximum Gasteiger partial charge on any atom is 0.303 e. The molecule has 2 aromatic rings. The van der Waals surface area contributed by atoms with E-state index in [1.807, 2.05) is 24.3 Å². The SMILES string of the molecule is COc1cccc(N2CCN(CCOc3ccc(CCCCC(=O)O)cc3)CC2)c1. The minimum atomic E-state index is -0.722. The molecule has 6 nitrogen and oxygen atoms in total. The number of aryl methyl sites for hydroxylation is 1. The van der Waals surface area contributed by atoms with E-state index in [0.717, 1.165) is 63.5 Å². The van der Waals surface area contributed by atoms with Gasteiger partial charge >= 0.3 is 5.97 Å². The molecule has 0 aromatic heterocycles. The van der Waals surface area contributed by atoms with Gasteiger partial charge in [0.25, 0.3) is 0 Å². The van der Waals surface area contributed by atoms with Crippen LogP contribution in [0.1, 0.15) is 24.8 Å². The van der Waals surface area contributed by atoms with Crippen LogP contribution in [-0.2, 0) is 11.2 Å². The predicted octanol–water partition coefficient (Wildman–Crippen LogP) is 3.69. The highest BCUT2D eigenvalue weighted by atomic mass is 16.5. The van der Waals surface area contributed by atoms with Crippen LogP contribution in [0.5, 0.6) is 11.5 Å². The number of ether oxygens (including phenoxy) is 2. The molecule has 162 valence electrons. The van der Waals surface area contributed by atoms with Gasteiger partial charge in [0, 0.05) is 50.9 Å². The van der Waals surface area contributed by atoms with Gasteiger partial charge in [0.1, 0.15) is 18.1 Å². The van der Waals surface area contributed by atoms with Gasteiger partial charge in [-0.2, -0.15) is 0 Å². The van der Waals surface area contributed by atoms with Crippen molar-refractivity contribution in [2.75, 3.05) is 51.3 Å². The average Bonchev–Trinajstić information content (AvgIpc) is 2.78. The molecule has 0 aliphatic carbocycles. The monoisotopic (exact) mass is 412 g/mol. The lowest BCUT2D eigenvalue weighted by atomic mass is 10.1. The first-order chi connectivity index (χ1) is 14.6. The molecule has 3 rings (SSSR count). The average molecular weight is 413 g/mol. The van der Waals surface area contributed by atoms with E-state index in [2.05, 4.69) is 34.1 Å². The molecule has 2 aromatic carbocycles. The molecule has 0 atom stereocenters. The third-order valence-corrected chi connectivity index (χ3v) is 5.50. The van der Waals surface area contributed by atoms with Crippen LogP contribution in [-0.4, -0.2) is 62.4 Å². The van der Waals surface area contributed by atoms with E-state index in [9.17, 15) is 4.79 Å². The molecule has 0 saturated carbocycles. The predicted molar refractivity (Wildman–Crippen MR) is 119 cm³/mol.